The molecule has 0 saturated heterocycles. The average molecular weight is 386 g/mol. The Morgan fingerprint density at radius 2 is 1.89 bits per heavy atom. The normalized spacial score (nSPS) is 17.3. The summed E-state index contributed by atoms with van der Waals surface area (Å²) in [5, 5.41) is 0. The van der Waals surface area contributed by atoms with Gasteiger partial charge in [-0.1, -0.05) is 20.8 Å². The number of alkyl halides is 3. The van der Waals surface area contributed by atoms with E-state index in [1.54, 1.807) is 20.8 Å². The van der Waals surface area contributed by atoms with Crippen LogP contribution in [0.3, 0.4) is 0 Å². The summed E-state index contributed by atoms with van der Waals surface area (Å²) >= 11 is 0. The second-order valence-corrected chi connectivity index (χ2v) is 8.13. The molecule has 0 bridgehead atoms. The lowest BCUT2D eigenvalue weighted by Gasteiger charge is -2.27. The van der Waals surface area contributed by atoms with Crippen molar-refractivity contribution in [3.05, 3.63) is 23.5 Å². The van der Waals surface area contributed by atoms with Crippen molar-refractivity contribution in [3.8, 4) is 5.75 Å². The van der Waals surface area contributed by atoms with Gasteiger partial charge in [0.1, 0.15) is 11.4 Å². The van der Waals surface area contributed by atoms with Crippen molar-refractivity contribution in [2.75, 3.05) is 0 Å². The Kier molecular flexibility index (Phi) is 5.87. The lowest BCUT2D eigenvalue weighted by atomic mass is 9.77. The van der Waals surface area contributed by atoms with Crippen LogP contribution in [0.25, 0.3) is 0 Å². The monoisotopic (exact) mass is 386 g/mol. The van der Waals surface area contributed by atoms with E-state index in [-0.39, 0.29) is 23.8 Å². The summed E-state index contributed by atoms with van der Waals surface area (Å²) in [7, 11) is 0. The molecule has 27 heavy (non-hydrogen) atoms. The third-order valence-corrected chi connectivity index (χ3v) is 4.74. The molecule has 8 heteroatoms. The Hall–Kier alpha value is -2.12. The van der Waals surface area contributed by atoms with Gasteiger partial charge in [-0.05, 0) is 31.1 Å². The zero-order chi connectivity index (χ0) is 20.6. The molecule has 2 N–H and O–H groups in total. The molecule has 5 nitrogen and oxygen atoms in total. The smallest absolute Gasteiger partial charge is 0.425 e. The molecule has 1 unspecified atom stereocenters. The quantitative estimate of drug-likeness (QED) is 0.718. The van der Waals surface area contributed by atoms with Gasteiger partial charge in [0.25, 0.3) is 0 Å². The van der Waals surface area contributed by atoms with Crippen molar-refractivity contribution in [2.24, 2.45) is 17.1 Å². The van der Waals surface area contributed by atoms with Crippen molar-refractivity contribution >= 4 is 11.7 Å². The van der Waals surface area contributed by atoms with Crippen LogP contribution in [0.4, 0.5) is 13.2 Å². The van der Waals surface area contributed by atoms with Crippen molar-refractivity contribution in [3.63, 3.8) is 0 Å². The average Bonchev–Trinajstić information content (AvgIpc) is 3.34. The Morgan fingerprint density at radius 1 is 1.30 bits per heavy atom. The second kappa shape index (κ2) is 7.48. The summed E-state index contributed by atoms with van der Waals surface area (Å²) in [4.78, 5) is 28.4. The lowest BCUT2D eigenvalue weighted by molar-refractivity contribution is -0.189. The van der Waals surface area contributed by atoms with E-state index in [1.165, 1.54) is 12.3 Å². The highest BCUT2D eigenvalue weighted by molar-refractivity contribution is 5.97. The predicted molar refractivity (Wildman–Crippen MR) is 93.4 cm³/mol. The number of amides is 1. The van der Waals surface area contributed by atoms with E-state index >= 15 is 0 Å². The van der Waals surface area contributed by atoms with E-state index in [1.807, 2.05) is 0 Å². The molecule has 1 amide bonds. The number of Topliss-reactive ketones (excluding diaryl/α,β-unsaturated/α-hetero) is 1. The van der Waals surface area contributed by atoms with Gasteiger partial charge in [-0.15, -0.1) is 0 Å². The lowest BCUT2D eigenvalue weighted by Crippen LogP contribution is -2.35. The highest BCUT2D eigenvalue weighted by Crippen LogP contribution is 2.45. The number of pyridine rings is 1. The van der Waals surface area contributed by atoms with Crippen LogP contribution in [0, 0.1) is 11.3 Å². The molecular weight excluding hydrogens is 361 g/mol. The minimum atomic E-state index is -4.52. The van der Waals surface area contributed by atoms with E-state index < -0.39 is 35.3 Å². The number of nitrogens with zero attached hydrogens (tertiary/aromatic N) is 1. The molecule has 1 fully saturated rings. The first-order valence-electron chi connectivity index (χ1n) is 8.86. The summed E-state index contributed by atoms with van der Waals surface area (Å²) < 4.78 is 43.7. The third-order valence-electron chi connectivity index (χ3n) is 4.74. The molecule has 0 aromatic carbocycles. The van der Waals surface area contributed by atoms with E-state index in [9.17, 15) is 22.8 Å². The fourth-order valence-corrected chi connectivity index (χ4v) is 2.78. The maximum atomic E-state index is 12.9. The minimum Gasteiger partial charge on any atom is -0.481 e. The maximum Gasteiger partial charge on any atom is 0.425 e. The fourth-order valence-electron chi connectivity index (χ4n) is 2.78. The van der Waals surface area contributed by atoms with Crippen LogP contribution < -0.4 is 10.5 Å². The summed E-state index contributed by atoms with van der Waals surface area (Å²) in [5.74, 6) is -1.65. The van der Waals surface area contributed by atoms with E-state index in [0.29, 0.717) is 5.56 Å². The number of halogens is 3. The van der Waals surface area contributed by atoms with Gasteiger partial charge in [0.2, 0.25) is 5.91 Å². The topological polar surface area (TPSA) is 82.3 Å². The first kappa shape index (κ1) is 21.2. The summed E-state index contributed by atoms with van der Waals surface area (Å²) in [5.41, 5.74) is 5.42. The highest BCUT2D eigenvalue weighted by atomic mass is 19.4. The molecule has 0 aliphatic heterocycles. The van der Waals surface area contributed by atoms with Crippen LogP contribution in [0.15, 0.2) is 12.3 Å². The van der Waals surface area contributed by atoms with Crippen LogP contribution in [0.5, 0.6) is 5.75 Å². The SMILES string of the molecule is C[C@H](Oc1cc(C(=O)CC(C(N)=O)C(C)(C)C)ncc1C1CC1)C(F)(F)F. The molecule has 1 saturated carbocycles. The number of ketones is 1. The molecule has 1 aromatic heterocycles. The Morgan fingerprint density at radius 3 is 2.33 bits per heavy atom. The van der Waals surface area contributed by atoms with Crippen molar-refractivity contribution in [1.29, 1.82) is 0 Å². The molecule has 2 rings (SSSR count). The molecule has 0 spiro atoms. The summed E-state index contributed by atoms with van der Waals surface area (Å²) in [6.45, 7) is 6.29. The number of hydrogen-bond acceptors (Lipinski definition) is 4. The number of carbonyl (C=O) groups is 2. The van der Waals surface area contributed by atoms with Crippen molar-refractivity contribution in [2.45, 2.75) is 65.2 Å². The predicted octanol–water partition coefficient (Wildman–Crippen LogP) is 4.01. The largest absolute Gasteiger partial charge is 0.481 e. The van der Waals surface area contributed by atoms with Crippen LogP contribution in [-0.2, 0) is 4.79 Å². The molecule has 1 aliphatic carbocycles. The standard InChI is InChI=1S/C19H25F3N2O3/c1-10(19(20,21)22)27-16-8-14(24-9-12(16)11-5-6-11)15(25)7-13(17(23)26)18(2,3)4/h8-11,13H,5-7H2,1-4H3,(H2,23,26)/t10-,13?/m0/s1. The van der Waals surface area contributed by atoms with E-state index in [4.69, 9.17) is 10.5 Å². The Balaban J connectivity index is 2.28. The van der Waals surface area contributed by atoms with Gasteiger partial charge in [0, 0.05) is 30.2 Å². The maximum absolute atomic E-state index is 12.9. The molecule has 1 aromatic rings. The van der Waals surface area contributed by atoms with Gasteiger partial charge < -0.3 is 10.5 Å². The van der Waals surface area contributed by atoms with Gasteiger partial charge in [-0.25, -0.2) is 0 Å². The number of primary amides is 1. The first-order valence-corrected chi connectivity index (χ1v) is 8.86. The Bertz CT molecular complexity index is 722. The minimum absolute atomic E-state index is 0.0204. The van der Waals surface area contributed by atoms with E-state index in [2.05, 4.69) is 4.98 Å². The molecule has 2 atom stereocenters. The number of ether oxygens (including phenoxy) is 1. The van der Waals surface area contributed by atoms with E-state index in [0.717, 1.165) is 19.8 Å². The van der Waals surface area contributed by atoms with Crippen LogP contribution in [0.2, 0.25) is 0 Å². The zero-order valence-corrected chi connectivity index (χ0v) is 15.9. The molecule has 1 heterocycles. The number of rotatable bonds is 7. The fraction of sp³-hybridized carbons (Fsp3) is 0.632. The first-order chi connectivity index (χ1) is 12.3. The number of nitrogens with two attached hydrogens (primary N) is 1. The van der Waals surface area contributed by atoms with Gasteiger partial charge in [-0.3, -0.25) is 14.6 Å². The van der Waals surface area contributed by atoms with Crippen LogP contribution in [0.1, 0.15) is 68.9 Å². The van der Waals surface area contributed by atoms with Gasteiger partial charge >= 0.3 is 6.18 Å². The highest BCUT2D eigenvalue weighted by Gasteiger charge is 2.39. The Labute approximate surface area is 156 Å². The zero-order valence-electron chi connectivity index (χ0n) is 15.9. The van der Waals surface area contributed by atoms with Gasteiger partial charge in [0.05, 0.1) is 0 Å². The van der Waals surface area contributed by atoms with Crippen LogP contribution in [-0.4, -0.2) is 29.0 Å². The summed E-state index contributed by atoms with van der Waals surface area (Å²) in [6, 6.07) is 1.25. The number of carbonyl (C=O) groups excluding carboxylic acids is 2. The number of hydrogen-bond donors (Lipinski definition) is 1. The summed E-state index contributed by atoms with van der Waals surface area (Å²) in [6.07, 6.45) is -3.59. The molecule has 150 valence electrons. The van der Waals surface area contributed by atoms with Gasteiger partial charge in [0.15, 0.2) is 11.9 Å². The third kappa shape index (κ3) is 5.43. The number of aromatic nitrogens is 1. The van der Waals surface area contributed by atoms with Gasteiger partial charge in [-0.2, -0.15) is 13.2 Å². The molecule has 1 aliphatic rings. The second-order valence-electron chi connectivity index (χ2n) is 8.13. The van der Waals surface area contributed by atoms with Crippen molar-refractivity contribution in [1.82, 2.24) is 4.98 Å². The van der Waals surface area contributed by atoms with Crippen molar-refractivity contribution < 1.29 is 27.5 Å². The molecule has 0 radical (unpaired) electrons. The van der Waals surface area contributed by atoms with Crippen LogP contribution >= 0.6 is 0 Å². The molecular formula is C19H25F3N2O3.